The third-order valence-corrected chi connectivity index (χ3v) is 7.99. The molecule has 1 atom stereocenters. The molecule has 0 saturated heterocycles. The molecule has 1 heterocycles. The van der Waals surface area contributed by atoms with E-state index in [-0.39, 0.29) is 4.21 Å². The maximum atomic E-state index is 13.1. The molecular weight excluding hydrogens is 396 g/mol. The van der Waals surface area contributed by atoms with Crippen LogP contribution in [0, 0.1) is 0 Å². The minimum Gasteiger partial charge on any atom is -0.383 e. The van der Waals surface area contributed by atoms with Crippen LogP contribution in [0.2, 0.25) is 0 Å². The molecule has 0 bridgehead atoms. The van der Waals surface area contributed by atoms with Gasteiger partial charge < -0.3 is 10.4 Å². The van der Waals surface area contributed by atoms with E-state index in [9.17, 15) is 14.1 Å². The quantitative estimate of drug-likeness (QED) is 0.698. The van der Waals surface area contributed by atoms with Crippen LogP contribution in [-0.2, 0) is 41.2 Å². The van der Waals surface area contributed by atoms with Crippen LogP contribution in [0.4, 0.5) is 10.5 Å². The van der Waals surface area contributed by atoms with Crippen molar-refractivity contribution < 1.29 is 22.3 Å². The number of nitrogens with zero attached hydrogens (tertiary/aromatic N) is 2. The fourth-order valence-electron chi connectivity index (χ4n) is 3.83. The number of amides is 2. The number of carbonyl (C=O) groups excluding carboxylic acids is 1. The van der Waals surface area contributed by atoms with Gasteiger partial charge in [0.25, 0.3) is 0 Å². The lowest BCUT2D eigenvalue weighted by molar-refractivity contribution is 0.0783. The molecule has 4 rings (SSSR count). The van der Waals surface area contributed by atoms with Crippen molar-refractivity contribution in [2.45, 2.75) is 62.0 Å². The number of hydrogen-bond donors (Lipinski definition) is 3. The molecule has 150 valence electrons. The summed E-state index contributed by atoms with van der Waals surface area (Å²) in [6, 6.07) is 1.26. The van der Waals surface area contributed by atoms with Gasteiger partial charge in [-0.1, -0.05) is 6.07 Å². The SMILES string of the molecule is [2H]C([2H])([2H])C(O)(c1ncc(S(N)(=O)=NC(=O)Nc2c3c(cc4c2CCC4)CCC3)s1)C([2H])([2H])[2H]. The Kier molecular flexibility index (Phi) is 3.31. The molecule has 1 unspecified atom stereocenters. The number of urea groups is 1. The fourth-order valence-corrected chi connectivity index (χ4v) is 5.79. The number of fused-ring (bicyclic) bond motifs is 2. The summed E-state index contributed by atoms with van der Waals surface area (Å²) in [4.78, 5) is 16.4. The molecule has 2 aromatic rings. The van der Waals surface area contributed by atoms with Crippen LogP contribution in [0.25, 0.3) is 0 Å². The molecular formula is C19H24N4O3S2. The second-order valence-electron chi connectivity index (χ2n) is 7.02. The number of benzene rings is 1. The van der Waals surface area contributed by atoms with Gasteiger partial charge in [-0.3, -0.25) is 0 Å². The number of anilines is 1. The number of nitrogens with two attached hydrogens (primary N) is 1. The summed E-state index contributed by atoms with van der Waals surface area (Å²) in [6.07, 6.45) is 6.32. The first-order valence-corrected chi connectivity index (χ1v) is 11.3. The van der Waals surface area contributed by atoms with E-state index in [1.54, 1.807) is 0 Å². The van der Waals surface area contributed by atoms with Gasteiger partial charge in [0, 0.05) is 13.9 Å². The molecule has 2 aliphatic carbocycles. The van der Waals surface area contributed by atoms with Gasteiger partial charge >= 0.3 is 6.03 Å². The van der Waals surface area contributed by atoms with Crippen LogP contribution in [0.5, 0.6) is 0 Å². The molecule has 0 fully saturated rings. The summed E-state index contributed by atoms with van der Waals surface area (Å²) >= 11 is 0.334. The molecule has 0 radical (unpaired) electrons. The highest BCUT2D eigenvalue weighted by molar-refractivity contribution is 7.93. The third-order valence-electron chi connectivity index (χ3n) is 5.01. The van der Waals surface area contributed by atoms with Crippen LogP contribution in [0.3, 0.4) is 0 Å². The average molecular weight is 427 g/mol. The zero-order valence-electron chi connectivity index (χ0n) is 20.9. The van der Waals surface area contributed by atoms with Crippen LogP contribution in [0.1, 0.15) is 62.0 Å². The molecule has 2 amide bonds. The molecule has 4 N–H and O–H groups in total. The van der Waals surface area contributed by atoms with Gasteiger partial charge in [0.2, 0.25) is 0 Å². The van der Waals surface area contributed by atoms with E-state index >= 15 is 0 Å². The van der Waals surface area contributed by atoms with E-state index in [1.807, 2.05) is 0 Å². The maximum absolute atomic E-state index is 13.1. The zero-order chi connectivity index (χ0) is 25.1. The second kappa shape index (κ2) is 6.91. The first-order valence-electron chi connectivity index (χ1n) is 11.9. The predicted molar refractivity (Wildman–Crippen MR) is 110 cm³/mol. The number of aromatic nitrogens is 1. The zero-order valence-corrected chi connectivity index (χ0v) is 16.6. The molecule has 1 aromatic heterocycles. The van der Waals surface area contributed by atoms with Gasteiger partial charge in [-0.05, 0) is 74.5 Å². The average Bonchev–Trinajstić information content (AvgIpc) is 3.44. The van der Waals surface area contributed by atoms with Crippen molar-refractivity contribution in [3.63, 3.8) is 0 Å². The predicted octanol–water partition coefficient (Wildman–Crippen LogP) is 3.28. The number of aliphatic hydroxyl groups is 1. The first-order chi connectivity index (χ1) is 15.6. The van der Waals surface area contributed by atoms with Crippen molar-refractivity contribution in [3.05, 3.63) is 39.5 Å². The summed E-state index contributed by atoms with van der Waals surface area (Å²) < 4.78 is 61.4. The largest absolute Gasteiger partial charge is 0.383 e. The maximum Gasteiger partial charge on any atom is 0.354 e. The highest BCUT2D eigenvalue weighted by Gasteiger charge is 2.26. The smallest absolute Gasteiger partial charge is 0.354 e. The number of aryl methyl sites for hydroxylation is 2. The molecule has 7 nitrogen and oxygen atoms in total. The molecule has 1 aromatic carbocycles. The Hall–Kier alpha value is -1.81. The van der Waals surface area contributed by atoms with E-state index in [4.69, 9.17) is 13.4 Å². The Morgan fingerprint density at radius 1 is 1.32 bits per heavy atom. The van der Waals surface area contributed by atoms with Crippen molar-refractivity contribution >= 4 is 33.0 Å². The minimum atomic E-state index is -3.90. The van der Waals surface area contributed by atoms with Gasteiger partial charge in [0.05, 0.1) is 6.20 Å². The molecule has 0 spiro atoms. The highest BCUT2D eigenvalue weighted by atomic mass is 32.2. The summed E-state index contributed by atoms with van der Waals surface area (Å²) in [5, 5.41) is 18.4. The lowest BCUT2D eigenvalue weighted by Crippen LogP contribution is -2.18. The van der Waals surface area contributed by atoms with E-state index < -0.39 is 40.3 Å². The Labute approximate surface area is 177 Å². The van der Waals surface area contributed by atoms with Gasteiger partial charge in [0.15, 0.2) is 9.92 Å². The number of thiazole rings is 1. The van der Waals surface area contributed by atoms with Gasteiger partial charge in [-0.2, -0.15) is 0 Å². The number of nitrogens with one attached hydrogen (secondary N) is 1. The lowest BCUT2D eigenvalue weighted by Gasteiger charge is -2.15. The van der Waals surface area contributed by atoms with Crippen molar-refractivity contribution in [2.24, 2.45) is 9.50 Å². The highest BCUT2D eigenvalue weighted by Crippen LogP contribution is 2.38. The number of rotatable bonds is 3. The monoisotopic (exact) mass is 426 g/mol. The third kappa shape index (κ3) is 3.59. The summed E-state index contributed by atoms with van der Waals surface area (Å²) in [7, 11) is -3.90. The van der Waals surface area contributed by atoms with Gasteiger partial charge in [0.1, 0.15) is 14.8 Å². The van der Waals surface area contributed by atoms with E-state index in [1.165, 1.54) is 11.1 Å². The van der Waals surface area contributed by atoms with Crippen molar-refractivity contribution in [1.29, 1.82) is 0 Å². The van der Waals surface area contributed by atoms with Crippen LogP contribution < -0.4 is 10.5 Å². The molecule has 2 aliphatic rings. The normalized spacial score (nSPS) is 21.8. The van der Waals surface area contributed by atoms with Crippen LogP contribution >= 0.6 is 11.3 Å². The lowest BCUT2D eigenvalue weighted by atomic mass is 9.99. The van der Waals surface area contributed by atoms with E-state index in [2.05, 4.69) is 20.7 Å². The Balaban J connectivity index is 1.67. The molecule has 28 heavy (non-hydrogen) atoms. The van der Waals surface area contributed by atoms with Crippen molar-refractivity contribution in [1.82, 2.24) is 4.98 Å². The minimum absolute atomic E-state index is 0.326. The van der Waals surface area contributed by atoms with Crippen LogP contribution in [0.15, 0.2) is 20.8 Å². The molecule has 0 saturated carbocycles. The fraction of sp³-hybridized carbons (Fsp3) is 0.474. The van der Waals surface area contributed by atoms with Crippen molar-refractivity contribution in [3.8, 4) is 0 Å². The van der Waals surface area contributed by atoms with Gasteiger partial charge in [-0.25, -0.2) is 19.1 Å². The summed E-state index contributed by atoms with van der Waals surface area (Å²) in [5.74, 6) is 0. The summed E-state index contributed by atoms with van der Waals surface area (Å²) in [6.45, 7) is -6.71. The van der Waals surface area contributed by atoms with Crippen molar-refractivity contribution in [2.75, 3.05) is 5.32 Å². The Morgan fingerprint density at radius 2 is 1.96 bits per heavy atom. The van der Waals surface area contributed by atoms with Gasteiger partial charge in [-0.15, -0.1) is 15.7 Å². The van der Waals surface area contributed by atoms with E-state index in [0.29, 0.717) is 17.0 Å². The second-order valence-corrected chi connectivity index (χ2v) is 10.1. The standard InChI is InChI=1S/C19H24N4O3S2/c1-19(2,25)17-21-10-15(27-17)28(20,26)23-18(24)22-16-13-7-3-5-11(13)9-12-6-4-8-14(12)16/h9-10,25H,3-8H2,1-2H3,(H3,20,22,23,24,26)/i1D3,2D3. The first kappa shape index (κ1) is 13.4. The van der Waals surface area contributed by atoms with E-state index in [0.717, 1.165) is 55.8 Å². The number of carbonyl (C=O) groups is 1. The Morgan fingerprint density at radius 3 is 2.57 bits per heavy atom. The topological polar surface area (TPSA) is 118 Å². The summed E-state index contributed by atoms with van der Waals surface area (Å²) in [5.41, 5.74) is 1.86. The Bertz CT molecular complexity index is 1230. The van der Waals surface area contributed by atoms with Crippen LogP contribution in [-0.4, -0.2) is 20.3 Å². The molecule has 9 heteroatoms. The number of hydrogen-bond acceptors (Lipinski definition) is 5. The molecule has 0 aliphatic heterocycles.